The van der Waals surface area contributed by atoms with Gasteiger partial charge in [-0.05, 0) is 13.0 Å². The smallest absolute Gasteiger partial charge is 0.262 e. The standard InChI is InChI=1S/C8H10N4O/c1-4-3-5-6(8(13)10-4)7(9)11-12(5)2/h3,6H,1-2H3,(H2,9,11). The Balaban J connectivity index is 2.47. The minimum atomic E-state index is -0.450. The van der Waals surface area contributed by atoms with E-state index in [1.165, 1.54) is 0 Å². The first-order chi connectivity index (χ1) is 6.09. The van der Waals surface area contributed by atoms with Gasteiger partial charge in [0.2, 0.25) is 0 Å². The minimum absolute atomic E-state index is 0.222. The SMILES string of the molecule is CC1=NC(=O)C2C(=C1)N(C)N=C2N. The summed E-state index contributed by atoms with van der Waals surface area (Å²) in [7, 11) is 1.77. The summed E-state index contributed by atoms with van der Waals surface area (Å²) in [6.07, 6.45) is 1.83. The summed E-state index contributed by atoms with van der Waals surface area (Å²) in [6, 6.07) is 0. The molecule has 0 aromatic rings. The monoisotopic (exact) mass is 178 g/mol. The molecule has 2 N–H and O–H groups in total. The predicted molar refractivity (Wildman–Crippen MR) is 49.1 cm³/mol. The molecule has 68 valence electrons. The van der Waals surface area contributed by atoms with Gasteiger partial charge in [-0.1, -0.05) is 0 Å². The molecule has 2 aliphatic rings. The molecule has 5 heteroatoms. The van der Waals surface area contributed by atoms with Crippen molar-refractivity contribution < 1.29 is 4.79 Å². The van der Waals surface area contributed by atoms with Gasteiger partial charge in [0.1, 0.15) is 11.8 Å². The van der Waals surface area contributed by atoms with E-state index >= 15 is 0 Å². The van der Waals surface area contributed by atoms with Crippen LogP contribution in [0.1, 0.15) is 6.92 Å². The first-order valence-corrected chi connectivity index (χ1v) is 3.98. The molecule has 0 saturated heterocycles. The number of amides is 1. The lowest BCUT2D eigenvalue weighted by Gasteiger charge is -2.16. The highest BCUT2D eigenvalue weighted by molar-refractivity contribution is 6.15. The molecule has 0 aliphatic carbocycles. The Morgan fingerprint density at radius 2 is 2.31 bits per heavy atom. The fourth-order valence-corrected chi connectivity index (χ4v) is 1.54. The summed E-state index contributed by atoms with van der Waals surface area (Å²) in [4.78, 5) is 15.3. The van der Waals surface area contributed by atoms with Crippen LogP contribution in [0.15, 0.2) is 21.9 Å². The molecule has 0 fully saturated rings. The Labute approximate surface area is 75.6 Å². The lowest BCUT2D eigenvalue weighted by molar-refractivity contribution is -0.119. The molecule has 1 unspecified atom stereocenters. The van der Waals surface area contributed by atoms with E-state index in [0.29, 0.717) is 11.5 Å². The number of allylic oxidation sites excluding steroid dienone is 1. The topological polar surface area (TPSA) is 71.0 Å². The second-order valence-corrected chi connectivity index (χ2v) is 3.14. The largest absolute Gasteiger partial charge is 0.385 e. The highest BCUT2D eigenvalue weighted by Crippen LogP contribution is 2.26. The maximum atomic E-state index is 11.4. The van der Waals surface area contributed by atoms with Crippen molar-refractivity contribution in [3.63, 3.8) is 0 Å². The fourth-order valence-electron chi connectivity index (χ4n) is 1.54. The van der Waals surface area contributed by atoms with Gasteiger partial charge in [-0.2, -0.15) is 5.10 Å². The van der Waals surface area contributed by atoms with Crippen molar-refractivity contribution in [3.05, 3.63) is 11.8 Å². The number of aliphatic imine (C=N–C) groups is 1. The summed E-state index contributed by atoms with van der Waals surface area (Å²) in [5.74, 6) is -0.343. The second-order valence-electron chi connectivity index (χ2n) is 3.14. The maximum absolute atomic E-state index is 11.4. The summed E-state index contributed by atoms with van der Waals surface area (Å²) in [6.45, 7) is 1.78. The first-order valence-electron chi connectivity index (χ1n) is 3.98. The van der Waals surface area contributed by atoms with Crippen molar-refractivity contribution in [1.82, 2.24) is 5.01 Å². The molecule has 2 rings (SSSR count). The third kappa shape index (κ3) is 1.04. The van der Waals surface area contributed by atoms with E-state index in [2.05, 4.69) is 10.1 Å². The van der Waals surface area contributed by atoms with Crippen LogP contribution in [0.4, 0.5) is 0 Å². The molecule has 1 atom stereocenters. The molecule has 5 nitrogen and oxygen atoms in total. The van der Waals surface area contributed by atoms with Crippen molar-refractivity contribution in [3.8, 4) is 0 Å². The summed E-state index contributed by atoms with van der Waals surface area (Å²) in [5.41, 5.74) is 7.11. The maximum Gasteiger partial charge on any atom is 0.262 e. The third-order valence-electron chi connectivity index (χ3n) is 2.12. The number of carbonyl (C=O) groups excluding carboxylic acids is 1. The van der Waals surface area contributed by atoms with Crippen LogP contribution in [0.25, 0.3) is 0 Å². The lowest BCUT2D eigenvalue weighted by Crippen LogP contribution is -2.31. The lowest BCUT2D eigenvalue weighted by atomic mass is 10.0. The Kier molecular flexibility index (Phi) is 1.48. The van der Waals surface area contributed by atoms with Crippen LogP contribution in [0.3, 0.4) is 0 Å². The van der Waals surface area contributed by atoms with E-state index in [0.717, 1.165) is 5.70 Å². The number of hydrogen-bond donors (Lipinski definition) is 1. The molecule has 13 heavy (non-hydrogen) atoms. The number of nitrogens with two attached hydrogens (primary N) is 1. The van der Waals surface area contributed by atoms with E-state index in [-0.39, 0.29) is 5.91 Å². The highest BCUT2D eigenvalue weighted by Gasteiger charge is 2.36. The van der Waals surface area contributed by atoms with Crippen LogP contribution in [-0.2, 0) is 4.79 Å². The molecule has 0 radical (unpaired) electrons. The Morgan fingerprint density at radius 1 is 1.62 bits per heavy atom. The van der Waals surface area contributed by atoms with Crippen LogP contribution in [0.2, 0.25) is 0 Å². The van der Waals surface area contributed by atoms with Crippen LogP contribution in [0.5, 0.6) is 0 Å². The number of hydrogen-bond acceptors (Lipinski definition) is 4. The zero-order valence-corrected chi connectivity index (χ0v) is 7.48. The number of nitrogens with zero attached hydrogens (tertiary/aromatic N) is 3. The van der Waals surface area contributed by atoms with Crippen molar-refractivity contribution in [1.29, 1.82) is 0 Å². The molecule has 0 saturated carbocycles. The van der Waals surface area contributed by atoms with E-state index in [9.17, 15) is 4.79 Å². The molecule has 0 aromatic heterocycles. The molecule has 1 amide bonds. The van der Waals surface area contributed by atoms with Gasteiger partial charge < -0.3 is 5.73 Å². The Bertz CT molecular complexity index is 366. The third-order valence-corrected chi connectivity index (χ3v) is 2.12. The van der Waals surface area contributed by atoms with Gasteiger partial charge >= 0.3 is 0 Å². The van der Waals surface area contributed by atoms with Gasteiger partial charge in [0.05, 0.1) is 5.70 Å². The van der Waals surface area contributed by atoms with Gasteiger partial charge in [-0.3, -0.25) is 9.80 Å². The zero-order valence-electron chi connectivity index (χ0n) is 7.48. The molecular weight excluding hydrogens is 168 g/mol. The molecule has 0 aromatic carbocycles. The van der Waals surface area contributed by atoms with E-state index in [4.69, 9.17) is 5.73 Å². The summed E-state index contributed by atoms with van der Waals surface area (Å²) >= 11 is 0. The number of rotatable bonds is 0. The van der Waals surface area contributed by atoms with Gasteiger partial charge in [-0.15, -0.1) is 0 Å². The minimum Gasteiger partial charge on any atom is -0.385 e. The molecule has 0 bridgehead atoms. The van der Waals surface area contributed by atoms with Crippen molar-refractivity contribution in [2.24, 2.45) is 21.7 Å². The normalized spacial score (nSPS) is 26.6. The quantitative estimate of drug-likeness (QED) is 0.553. The number of hydrazone groups is 1. The van der Waals surface area contributed by atoms with Gasteiger partial charge in [-0.25, -0.2) is 4.99 Å². The summed E-state index contributed by atoms with van der Waals surface area (Å²) < 4.78 is 0. The average Bonchev–Trinajstić information content (AvgIpc) is 2.27. The number of amidine groups is 1. The zero-order chi connectivity index (χ0) is 9.59. The fraction of sp³-hybridized carbons (Fsp3) is 0.375. The second kappa shape index (κ2) is 2.42. The number of dihydropyridines is 1. The number of carbonyl (C=O) groups is 1. The van der Waals surface area contributed by atoms with Gasteiger partial charge in [0.25, 0.3) is 5.91 Å². The van der Waals surface area contributed by atoms with Crippen LogP contribution in [-0.4, -0.2) is 29.5 Å². The molecular formula is C8H10N4O. The van der Waals surface area contributed by atoms with Gasteiger partial charge in [0, 0.05) is 12.8 Å². The average molecular weight is 178 g/mol. The van der Waals surface area contributed by atoms with Crippen LogP contribution in [0, 0.1) is 5.92 Å². The molecule has 0 spiro atoms. The van der Waals surface area contributed by atoms with Crippen LogP contribution < -0.4 is 5.73 Å². The van der Waals surface area contributed by atoms with E-state index in [1.807, 2.05) is 6.08 Å². The van der Waals surface area contributed by atoms with Crippen molar-refractivity contribution in [2.75, 3.05) is 7.05 Å². The first kappa shape index (κ1) is 7.97. The van der Waals surface area contributed by atoms with Crippen molar-refractivity contribution >= 4 is 17.5 Å². The van der Waals surface area contributed by atoms with Crippen molar-refractivity contribution in [2.45, 2.75) is 6.92 Å². The van der Waals surface area contributed by atoms with Gasteiger partial charge in [0.15, 0.2) is 0 Å². The Morgan fingerprint density at radius 3 is 3.00 bits per heavy atom. The highest BCUT2D eigenvalue weighted by atomic mass is 16.1. The van der Waals surface area contributed by atoms with Crippen LogP contribution >= 0.6 is 0 Å². The van der Waals surface area contributed by atoms with E-state index in [1.54, 1.807) is 19.0 Å². The van der Waals surface area contributed by atoms with E-state index < -0.39 is 5.92 Å². The predicted octanol–water partition coefficient (Wildman–Crippen LogP) is -0.295. The Hall–Kier alpha value is -1.65. The summed E-state index contributed by atoms with van der Waals surface area (Å²) in [5, 5.41) is 5.60. The number of fused-ring (bicyclic) bond motifs is 1. The molecule has 2 heterocycles. The molecule has 2 aliphatic heterocycles.